The Labute approximate surface area is 153 Å². The molecule has 1 aromatic heterocycles. The molecule has 3 rings (SSSR count). The third-order valence-corrected chi connectivity index (χ3v) is 5.12. The standard InChI is InChI=1S/C18H26N4O4/c1-11(12-4-5-12)21-16(23)13-9-20-15(25-3)8-14(13)22-7-6-18(2,10-22)26-17(19)24/h8-9,11-12H,4-7,10H2,1-3H3,(H2,19,24)(H,21,23)/t11-,18?/m0/s1. The molecule has 1 aliphatic heterocycles. The lowest BCUT2D eigenvalue weighted by atomic mass is 10.1. The number of rotatable bonds is 6. The molecule has 26 heavy (non-hydrogen) atoms. The molecule has 2 atom stereocenters. The minimum Gasteiger partial charge on any atom is -0.481 e. The van der Waals surface area contributed by atoms with Crippen LogP contribution in [0, 0.1) is 5.92 Å². The summed E-state index contributed by atoms with van der Waals surface area (Å²) in [6.07, 6.45) is 3.68. The van der Waals surface area contributed by atoms with Crippen LogP contribution in [-0.4, -0.2) is 48.8 Å². The van der Waals surface area contributed by atoms with E-state index in [4.69, 9.17) is 15.2 Å². The highest BCUT2D eigenvalue weighted by Gasteiger charge is 2.38. The van der Waals surface area contributed by atoms with E-state index in [2.05, 4.69) is 10.3 Å². The van der Waals surface area contributed by atoms with Crippen molar-refractivity contribution < 1.29 is 19.1 Å². The minimum absolute atomic E-state index is 0.138. The molecule has 1 saturated heterocycles. The topological polar surface area (TPSA) is 107 Å². The zero-order valence-corrected chi connectivity index (χ0v) is 15.4. The van der Waals surface area contributed by atoms with Crippen LogP contribution in [0.3, 0.4) is 0 Å². The third kappa shape index (κ3) is 4.00. The molecule has 1 aromatic rings. The van der Waals surface area contributed by atoms with Gasteiger partial charge in [0.05, 0.1) is 24.9 Å². The van der Waals surface area contributed by atoms with E-state index >= 15 is 0 Å². The first kappa shape index (κ1) is 18.3. The van der Waals surface area contributed by atoms with Gasteiger partial charge in [0.15, 0.2) is 0 Å². The van der Waals surface area contributed by atoms with Crippen LogP contribution in [0.5, 0.6) is 5.88 Å². The second-order valence-electron chi connectivity index (χ2n) is 7.39. The lowest BCUT2D eigenvalue weighted by Crippen LogP contribution is -2.38. The van der Waals surface area contributed by atoms with E-state index in [0.717, 1.165) is 12.8 Å². The van der Waals surface area contributed by atoms with Crippen molar-refractivity contribution >= 4 is 17.7 Å². The lowest BCUT2D eigenvalue weighted by molar-refractivity contribution is 0.0480. The van der Waals surface area contributed by atoms with Gasteiger partial charge >= 0.3 is 6.09 Å². The van der Waals surface area contributed by atoms with E-state index in [1.54, 1.807) is 6.07 Å². The SMILES string of the molecule is COc1cc(N2CCC(C)(OC(N)=O)C2)c(C(=O)N[C@@H](C)C2CC2)cn1. The zero-order chi connectivity index (χ0) is 18.9. The van der Waals surface area contributed by atoms with Gasteiger partial charge in [-0.3, -0.25) is 4.79 Å². The van der Waals surface area contributed by atoms with Crippen LogP contribution < -0.4 is 20.7 Å². The fraction of sp³-hybridized carbons (Fsp3) is 0.611. The monoisotopic (exact) mass is 362 g/mol. The van der Waals surface area contributed by atoms with Crippen molar-refractivity contribution in [3.8, 4) is 5.88 Å². The van der Waals surface area contributed by atoms with E-state index in [1.165, 1.54) is 13.3 Å². The molecular formula is C18H26N4O4. The number of nitrogens with two attached hydrogens (primary N) is 1. The number of primary amides is 1. The number of aromatic nitrogens is 1. The second-order valence-corrected chi connectivity index (χ2v) is 7.39. The first-order valence-electron chi connectivity index (χ1n) is 8.89. The number of anilines is 1. The maximum absolute atomic E-state index is 12.8. The summed E-state index contributed by atoms with van der Waals surface area (Å²) in [5.41, 5.74) is 5.70. The summed E-state index contributed by atoms with van der Waals surface area (Å²) in [5.74, 6) is 0.836. The summed E-state index contributed by atoms with van der Waals surface area (Å²) in [5, 5.41) is 3.06. The molecule has 2 heterocycles. The Bertz CT molecular complexity index is 706. The molecular weight excluding hydrogens is 336 g/mol. The molecule has 0 radical (unpaired) electrons. The summed E-state index contributed by atoms with van der Waals surface area (Å²) in [7, 11) is 1.53. The van der Waals surface area contributed by atoms with Crippen molar-refractivity contribution in [3.05, 3.63) is 17.8 Å². The van der Waals surface area contributed by atoms with Crippen LogP contribution in [0.1, 0.15) is 43.5 Å². The number of carbonyl (C=O) groups is 2. The summed E-state index contributed by atoms with van der Waals surface area (Å²) >= 11 is 0. The van der Waals surface area contributed by atoms with Crippen molar-refractivity contribution in [1.82, 2.24) is 10.3 Å². The number of amides is 2. The van der Waals surface area contributed by atoms with Crippen LogP contribution in [0.15, 0.2) is 12.3 Å². The minimum atomic E-state index is -0.794. The molecule has 8 nitrogen and oxygen atoms in total. The number of ether oxygens (including phenoxy) is 2. The van der Waals surface area contributed by atoms with Gasteiger partial charge in [0.25, 0.3) is 5.91 Å². The average molecular weight is 362 g/mol. The molecule has 1 aliphatic carbocycles. The molecule has 8 heteroatoms. The van der Waals surface area contributed by atoms with Crippen LogP contribution in [-0.2, 0) is 4.74 Å². The highest BCUT2D eigenvalue weighted by molar-refractivity contribution is 6.00. The van der Waals surface area contributed by atoms with E-state index in [-0.39, 0.29) is 11.9 Å². The number of hydrogen-bond acceptors (Lipinski definition) is 6. The van der Waals surface area contributed by atoms with Gasteiger partial charge in [0.2, 0.25) is 5.88 Å². The maximum Gasteiger partial charge on any atom is 0.405 e. The van der Waals surface area contributed by atoms with Crippen molar-refractivity contribution in [2.75, 3.05) is 25.1 Å². The largest absolute Gasteiger partial charge is 0.481 e. The number of methoxy groups -OCH3 is 1. The van der Waals surface area contributed by atoms with Gasteiger partial charge in [0.1, 0.15) is 5.60 Å². The van der Waals surface area contributed by atoms with Crippen molar-refractivity contribution in [1.29, 1.82) is 0 Å². The summed E-state index contributed by atoms with van der Waals surface area (Å²) < 4.78 is 10.5. The van der Waals surface area contributed by atoms with Gasteiger partial charge in [-0.25, -0.2) is 9.78 Å². The summed E-state index contributed by atoms with van der Waals surface area (Å²) in [4.78, 5) is 30.1. The number of pyridine rings is 1. The molecule has 0 bridgehead atoms. The highest BCUT2D eigenvalue weighted by Crippen LogP contribution is 2.34. The fourth-order valence-corrected chi connectivity index (χ4v) is 3.44. The van der Waals surface area contributed by atoms with E-state index in [9.17, 15) is 9.59 Å². The van der Waals surface area contributed by atoms with Crippen molar-refractivity contribution in [3.63, 3.8) is 0 Å². The third-order valence-electron chi connectivity index (χ3n) is 5.12. The maximum atomic E-state index is 12.8. The fourth-order valence-electron chi connectivity index (χ4n) is 3.44. The summed E-state index contributed by atoms with van der Waals surface area (Å²) in [6.45, 7) is 4.95. The van der Waals surface area contributed by atoms with Gasteiger partial charge in [0, 0.05) is 31.3 Å². The van der Waals surface area contributed by atoms with Crippen LogP contribution >= 0.6 is 0 Å². The normalized spacial score (nSPS) is 23.4. The Hall–Kier alpha value is -2.51. The molecule has 2 amide bonds. The molecule has 1 unspecified atom stereocenters. The van der Waals surface area contributed by atoms with Crippen LogP contribution in [0.2, 0.25) is 0 Å². The Morgan fingerprint density at radius 2 is 2.19 bits per heavy atom. The molecule has 3 N–H and O–H groups in total. The van der Waals surface area contributed by atoms with Gasteiger partial charge in [-0.05, 0) is 32.6 Å². The lowest BCUT2D eigenvalue weighted by Gasteiger charge is -2.26. The number of carbonyl (C=O) groups excluding carboxylic acids is 2. The quantitative estimate of drug-likeness (QED) is 0.797. The molecule has 1 saturated carbocycles. The molecule has 142 valence electrons. The first-order chi connectivity index (χ1) is 12.3. The van der Waals surface area contributed by atoms with Gasteiger partial charge in [-0.15, -0.1) is 0 Å². The Morgan fingerprint density at radius 3 is 2.81 bits per heavy atom. The number of nitrogens with zero attached hydrogens (tertiary/aromatic N) is 2. The van der Waals surface area contributed by atoms with Gasteiger partial charge < -0.3 is 25.4 Å². The average Bonchev–Trinajstić information content (AvgIpc) is 3.37. The van der Waals surface area contributed by atoms with E-state index in [0.29, 0.717) is 42.6 Å². The van der Waals surface area contributed by atoms with Crippen molar-refractivity contribution in [2.45, 2.75) is 44.8 Å². The highest BCUT2D eigenvalue weighted by atomic mass is 16.6. The van der Waals surface area contributed by atoms with Gasteiger partial charge in [-0.1, -0.05) is 0 Å². The van der Waals surface area contributed by atoms with Crippen LogP contribution in [0.4, 0.5) is 10.5 Å². The second kappa shape index (κ2) is 7.01. The zero-order valence-electron chi connectivity index (χ0n) is 15.4. The molecule has 2 aliphatic rings. The predicted molar refractivity (Wildman–Crippen MR) is 96.3 cm³/mol. The van der Waals surface area contributed by atoms with E-state index in [1.807, 2.05) is 18.7 Å². The van der Waals surface area contributed by atoms with Gasteiger partial charge in [-0.2, -0.15) is 0 Å². The van der Waals surface area contributed by atoms with Crippen LogP contribution in [0.25, 0.3) is 0 Å². The predicted octanol–water partition coefficient (Wildman–Crippen LogP) is 1.68. The first-order valence-corrected chi connectivity index (χ1v) is 8.89. The smallest absolute Gasteiger partial charge is 0.405 e. The Kier molecular flexibility index (Phi) is 4.93. The number of nitrogens with one attached hydrogen (secondary N) is 1. The molecule has 0 aromatic carbocycles. The Morgan fingerprint density at radius 1 is 1.46 bits per heavy atom. The Balaban J connectivity index is 1.82. The summed E-state index contributed by atoms with van der Waals surface area (Å²) in [6, 6.07) is 1.88. The molecule has 2 fully saturated rings. The van der Waals surface area contributed by atoms with E-state index < -0.39 is 11.7 Å². The molecule has 0 spiro atoms. The number of hydrogen-bond donors (Lipinski definition) is 2. The van der Waals surface area contributed by atoms with Crippen molar-refractivity contribution in [2.24, 2.45) is 11.7 Å².